The van der Waals surface area contributed by atoms with Crippen molar-refractivity contribution >= 4 is 28.9 Å². The van der Waals surface area contributed by atoms with Crippen LogP contribution >= 0.6 is 11.6 Å². The number of hydrogen-bond acceptors (Lipinski definition) is 8. The fourth-order valence-corrected chi connectivity index (χ4v) is 3.98. The van der Waals surface area contributed by atoms with Gasteiger partial charge >= 0.3 is 0 Å². The number of nitrogens with zero attached hydrogens (tertiary/aromatic N) is 5. The number of nitro groups is 1. The highest BCUT2D eigenvalue weighted by atomic mass is 35.5. The summed E-state index contributed by atoms with van der Waals surface area (Å²) >= 11 is 6.09. The Hall–Kier alpha value is -3.34. The number of rotatable bonds is 7. The van der Waals surface area contributed by atoms with E-state index in [1.165, 1.54) is 23.8 Å². The lowest BCUT2D eigenvalue weighted by molar-refractivity contribution is -0.384. The Morgan fingerprint density at radius 3 is 2.56 bits per heavy atom. The van der Waals surface area contributed by atoms with Crippen molar-refractivity contribution in [3.63, 3.8) is 0 Å². The SMILES string of the molecule is Cc1ccc(-c2noc(CN3CCN([C@@H](C)C(=O)Nc4ccc([N+](=O)[O-])cc4Cl)CC3)n2)cc1. The van der Waals surface area contributed by atoms with Crippen LogP contribution in [0.4, 0.5) is 11.4 Å². The van der Waals surface area contributed by atoms with Crippen molar-refractivity contribution < 1.29 is 14.2 Å². The number of carbonyl (C=O) groups excluding carboxylic acids is 1. The smallest absolute Gasteiger partial charge is 0.271 e. The van der Waals surface area contributed by atoms with E-state index in [1.54, 1.807) is 0 Å². The zero-order valence-corrected chi connectivity index (χ0v) is 19.7. The average molecular weight is 485 g/mol. The number of benzene rings is 2. The highest BCUT2D eigenvalue weighted by molar-refractivity contribution is 6.34. The molecule has 2 aromatic carbocycles. The Balaban J connectivity index is 1.28. The van der Waals surface area contributed by atoms with Crippen molar-refractivity contribution in [2.24, 2.45) is 0 Å². The van der Waals surface area contributed by atoms with E-state index in [2.05, 4.69) is 25.3 Å². The van der Waals surface area contributed by atoms with Gasteiger partial charge in [-0.2, -0.15) is 4.98 Å². The number of aromatic nitrogens is 2. The van der Waals surface area contributed by atoms with Gasteiger partial charge in [-0.15, -0.1) is 0 Å². The Kier molecular flexibility index (Phi) is 7.20. The Bertz CT molecular complexity index is 1170. The number of nitro benzene ring substituents is 1. The molecule has 1 N–H and O–H groups in total. The first-order valence-corrected chi connectivity index (χ1v) is 11.3. The van der Waals surface area contributed by atoms with Crippen molar-refractivity contribution in [3.8, 4) is 11.4 Å². The van der Waals surface area contributed by atoms with Crippen LogP contribution in [-0.2, 0) is 11.3 Å². The van der Waals surface area contributed by atoms with E-state index in [4.69, 9.17) is 16.1 Å². The molecule has 1 aliphatic rings. The molecular formula is C23H25ClN6O4. The number of nitrogens with one attached hydrogen (secondary N) is 1. The van der Waals surface area contributed by atoms with Gasteiger partial charge in [0, 0.05) is 43.9 Å². The van der Waals surface area contributed by atoms with Crippen LogP contribution in [0.15, 0.2) is 47.0 Å². The van der Waals surface area contributed by atoms with E-state index in [1.807, 2.05) is 38.1 Å². The highest BCUT2D eigenvalue weighted by Gasteiger charge is 2.27. The summed E-state index contributed by atoms with van der Waals surface area (Å²) in [4.78, 5) is 31.8. The second-order valence-corrected chi connectivity index (χ2v) is 8.68. The van der Waals surface area contributed by atoms with Crippen LogP contribution in [0.2, 0.25) is 5.02 Å². The van der Waals surface area contributed by atoms with Gasteiger partial charge in [-0.1, -0.05) is 46.6 Å². The van der Waals surface area contributed by atoms with Gasteiger partial charge in [0.15, 0.2) is 0 Å². The van der Waals surface area contributed by atoms with Crippen molar-refractivity contribution in [1.82, 2.24) is 19.9 Å². The molecule has 0 spiro atoms. The maximum absolute atomic E-state index is 12.7. The van der Waals surface area contributed by atoms with Crippen LogP contribution in [0.25, 0.3) is 11.4 Å². The predicted octanol–water partition coefficient (Wildman–Crippen LogP) is 3.75. The van der Waals surface area contributed by atoms with E-state index in [0.29, 0.717) is 37.0 Å². The minimum atomic E-state index is -0.531. The summed E-state index contributed by atoms with van der Waals surface area (Å²) in [5.41, 5.74) is 2.31. The summed E-state index contributed by atoms with van der Waals surface area (Å²) in [7, 11) is 0. The van der Waals surface area contributed by atoms with Gasteiger partial charge in [0.1, 0.15) is 0 Å². The van der Waals surface area contributed by atoms with Crippen LogP contribution in [0.3, 0.4) is 0 Å². The van der Waals surface area contributed by atoms with E-state index >= 15 is 0 Å². The van der Waals surface area contributed by atoms with Gasteiger partial charge in [0.05, 0.1) is 28.2 Å². The van der Waals surface area contributed by atoms with E-state index in [-0.39, 0.29) is 22.7 Å². The normalized spacial score (nSPS) is 15.7. The third-order valence-corrected chi connectivity index (χ3v) is 6.20. The topological polar surface area (TPSA) is 118 Å². The standard InChI is InChI=1S/C23H25ClN6O4/c1-15-3-5-17(6-4-15)22-26-21(34-27-22)14-28-9-11-29(12-10-28)16(2)23(31)25-20-8-7-18(30(32)33)13-19(20)24/h3-8,13,16H,9-12,14H2,1-2H3,(H,25,31)/t16-/m0/s1. The van der Waals surface area contributed by atoms with Crippen molar-refractivity contribution in [2.45, 2.75) is 26.4 Å². The van der Waals surface area contributed by atoms with Crippen molar-refractivity contribution in [2.75, 3.05) is 31.5 Å². The highest BCUT2D eigenvalue weighted by Crippen LogP contribution is 2.27. The Morgan fingerprint density at radius 1 is 1.21 bits per heavy atom. The number of piperazine rings is 1. The van der Waals surface area contributed by atoms with Gasteiger partial charge in [-0.25, -0.2) is 0 Å². The van der Waals surface area contributed by atoms with Crippen LogP contribution in [0.1, 0.15) is 18.4 Å². The predicted molar refractivity (Wildman–Crippen MR) is 128 cm³/mol. The molecule has 1 amide bonds. The summed E-state index contributed by atoms with van der Waals surface area (Å²) in [6.45, 7) is 7.29. The molecule has 1 saturated heterocycles. The zero-order valence-electron chi connectivity index (χ0n) is 18.9. The maximum Gasteiger partial charge on any atom is 0.271 e. The molecule has 1 atom stereocenters. The first-order valence-electron chi connectivity index (χ1n) is 10.9. The summed E-state index contributed by atoms with van der Waals surface area (Å²) in [6, 6.07) is 11.6. The van der Waals surface area contributed by atoms with E-state index in [0.717, 1.165) is 18.7 Å². The lowest BCUT2D eigenvalue weighted by atomic mass is 10.1. The minimum absolute atomic E-state index is 0.126. The average Bonchev–Trinajstić information content (AvgIpc) is 3.29. The molecule has 1 aliphatic heterocycles. The lowest BCUT2D eigenvalue weighted by Gasteiger charge is -2.36. The molecule has 11 heteroatoms. The number of aryl methyl sites for hydroxylation is 1. The first kappa shape index (κ1) is 23.8. The van der Waals surface area contributed by atoms with Gasteiger partial charge in [-0.3, -0.25) is 24.7 Å². The van der Waals surface area contributed by atoms with Crippen LogP contribution < -0.4 is 5.32 Å². The monoisotopic (exact) mass is 484 g/mol. The Labute approximate surface area is 201 Å². The summed E-state index contributed by atoms with van der Waals surface area (Å²) in [5, 5.41) is 17.8. The second-order valence-electron chi connectivity index (χ2n) is 8.28. The van der Waals surface area contributed by atoms with Gasteiger partial charge in [0.25, 0.3) is 5.69 Å². The summed E-state index contributed by atoms with van der Waals surface area (Å²) < 4.78 is 5.43. The fourth-order valence-electron chi connectivity index (χ4n) is 3.76. The molecule has 4 rings (SSSR count). The van der Waals surface area contributed by atoms with E-state index in [9.17, 15) is 14.9 Å². The molecule has 0 radical (unpaired) electrons. The molecule has 2 heterocycles. The molecule has 0 bridgehead atoms. The summed E-state index contributed by atoms with van der Waals surface area (Å²) in [6.07, 6.45) is 0. The molecule has 1 fully saturated rings. The number of hydrogen-bond donors (Lipinski definition) is 1. The molecule has 0 aliphatic carbocycles. The maximum atomic E-state index is 12.7. The molecule has 178 valence electrons. The van der Waals surface area contributed by atoms with Crippen molar-refractivity contribution in [3.05, 3.63) is 69.1 Å². The van der Waals surface area contributed by atoms with Crippen molar-refractivity contribution in [1.29, 1.82) is 0 Å². The van der Waals surface area contributed by atoms with Gasteiger partial charge in [-0.05, 0) is 19.9 Å². The number of anilines is 1. The molecule has 0 saturated carbocycles. The van der Waals surface area contributed by atoms with Crippen LogP contribution in [-0.4, -0.2) is 63.0 Å². The largest absolute Gasteiger partial charge is 0.338 e. The summed E-state index contributed by atoms with van der Waals surface area (Å²) in [5.74, 6) is 0.912. The molecule has 34 heavy (non-hydrogen) atoms. The van der Waals surface area contributed by atoms with Gasteiger partial charge < -0.3 is 9.84 Å². The fraction of sp³-hybridized carbons (Fsp3) is 0.348. The second kappa shape index (κ2) is 10.3. The third-order valence-electron chi connectivity index (χ3n) is 5.89. The van der Waals surface area contributed by atoms with Gasteiger partial charge in [0.2, 0.25) is 17.6 Å². The number of halogens is 1. The third kappa shape index (κ3) is 5.58. The molecule has 1 aromatic heterocycles. The first-order chi connectivity index (χ1) is 16.3. The molecule has 10 nitrogen and oxygen atoms in total. The minimum Gasteiger partial charge on any atom is -0.338 e. The zero-order chi connectivity index (χ0) is 24.2. The molecule has 3 aromatic rings. The number of amides is 1. The number of carbonyl (C=O) groups is 1. The Morgan fingerprint density at radius 2 is 1.91 bits per heavy atom. The molecular weight excluding hydrogens is 460 g/mol. The quantitative estimate of drug-likeness (QED) is 0.398. The number of non-ortho nitro benzene ring substituents is 1. The van der Waals surface area contributed by atoms with Crippen LogP contribution in [0.5, 0.6) is 0 Å². The van der Waals surface area contributed by atoms with E-state index < -0.39 is 4.92 Å². The molecule has 0 unspecified atom stereocenters. The lowest BCUT2D eigenvalue weighted by Crippen LogP contribution is -2.52. The van der Waals surface area contributed by atoms with Crippen LogP contribution in [0, 0.1) is 17.0 Å².